The maximum Gasteiger partial charge on any atom is 0.234 e. The van der Waals surface area contributed by atoms with Gasteiger partial charge < -0.3 is 5.32 Å². The van der Waals surface area contributed by atoms with E-state index in [2.05, 4.69) is 39.6 Å². The molecule has 32 heavy (non-hydrogen) atoms. The molecule has 0 aliphatic heterocycles. The molecule has 0 fully saturated rings. The van der Waals surface area contributed by atoms with Gasteiger partial charge in [-0.2, -0.15) is 0 Å². The summed E-state index contributed by atoms with van der Waals surface area (Å²) in [5.74, 6) is 0.744. The number of carbonyl (C=O) groups excluding carboxylic acids is 1. The fourth-order valence-electron chi connectivity index (χ4n) is 3.16. The zero-order chi connectivity index (χ0) is 22.5. The number of pyridine rings is 1. The number of carbonyl (C=O) groups is 1. The van der Waals surface area contributed by atoms with Gasteiger partial charge in [0, 0.05) is 34.4 Å². The van der Waals surface area contributed by atoms with E-state index >= 15 is 0 Å². The van der Waals surface area contributed by atoms with E-state index in [1.165, 1.54) is 17.3 Å². The van der Waals surface area contributed by atoms with Gasteiger partial charge in [-0.3, -0.25) is 14.3 Å². The van der Waals surface area contributed by atoms with Crippen molar-refractivity contribution in [2.75, 3.05) is 11.1 Å². The highest BCUT2D eigenvalue weighted by Gasteiger charge is 2.17. The van der Waals surface area contributed by atoms with E-state index < -0.39 is 0 Å². The zero-order valence-corrected chi connectivity index (χ0v) is 19.3. The van der Waals surface area contributed by atoms with Crippen LogP contribution < -0.4 is 5.32 Å². The topological polar surface area (TPSA) is 72.7 Å². The van der Waals surface area contributed by atoms with Crippen molar-refractivity contribution in [2.45, 2.75) is 25.4 Å². The van der Waals surface area contributed by atoms with Gasteiger partial charge >= 0.3 is 0 Å². The second-order valence-electron chi connectivity index (χ2n) is 7.20. The maximum absolute atomic E-state index is 12.5. The van der Waals surface area contributed by atoms with Crippen LogP contribution in [0, 0.1) is 6.92 Å². The number of amides is 1. The van der Waals surface area contributed by atoms with Gasteiger partial charge in [0.15, 0.2) is 11.0 Å². The van der Waals surface area contributed by atoms with E-state index in [4.69, 9.17) is 11.6 Å². The lowest BCUT2D eigenvalue weighted by Gasteiger charge is -2.11. The van der Waals surface area contributed by atoms with Crippen molar-refractivity contribution in [3.05, 3.63) is 83.1 Å². The van der Waals surface area contributed by atoms with E-state index in [0.717, 1.165) is 23.2 Å². The van der Waals surface area contributed by atoms with Crippen molar-refractivity contribution in [3.8, 4) is 17.1 Å². The van der Waals surface area contributed by atoms with Gasteiger partial charge in [-0.25, -0.2) is 0 Å². The lowest BCUT2D eigenvalue weighted by Crippen LogP contribution is -2.14. The van der Waals surface area contributed by atoms with E-state index in [-0.39, 0.29) is 11.7 Å². The summed E-state index contributed by atoms with van der Waals surface area (Å²) in [7, 11) is 0. The molecule has 1 N–H and O–H groups in total. The number of aryl methyl sites for hydroxylation is 2. The van der Waals surface area contributed by atoms with Crippen LogP contribution in [0.2, 0.25) is 5.02 Å². The summed E-state index contributed by atoms with van der Waals surface area (Å²) >= 11 is 7.49. The van der Waals surface area contributed by atoms with Crippen LogP contribution in [-0.4, -0.2) is 31.4 Å². The number of nitrogens with zero attached hydrogens (tertiary/aromatic N) is 4. The van der Waals surface area contributed by atoms with E-state index in [0.29, 0.717) is 21.7 Å². The molecule has 4 aromatic rings. The second-order valence-corrected chi connectivity index (χ2v) is 8.55. The number of hydrogen-bond donors (Lipinski definition) is 1. The summed E-state index contributed by atoms with van der Waals surface area (Å²) in [6.45, 7) is 4.04. The second kappa shape index (κ2) is 9.97. The molecule has 0 bridgehead atoms. The summed E-state index contributed by atoms with van der Waals surface area (Å²) in [5, 5.41) is 12.9. The fraction of sp³-hybridized carbons (Fsp3) is 0.167. The Hall–Kier alpha value is -3.16. The average molecular weight is 464 g/mol. The quantitative estimate of drug-likeness (QED) is 0.362. The predicted molar refractivity (Wildman–Crippen MR) is 130 cm³/mol. The minimum atomic E-state index is -0.142. The molecule has 1 amide bonds. The lowest BCUT2D eigenvalue weighted by molar-refractivity contribution is -0.113. The number of benzene rings is 2. The van der Waals surface area contributed by atoms with Gasteiger partial charge in [0.05, 0.1) is 5.75 Å². The number of nitrogens with one attached hydrogen (secondary N) is 1. The molecule has 0 atom stereocenters. The van der Waals surface area contributed by atoms with Crippen LogP contribution in [0.5, 0.6) is 0 Å². The highest BCUT2D eigenvalue weighted by molar-refractivity contribution is 7.99. The summed E-state index contributed by atoms with van der Waals surface area (Å²) in [6, 6.07) is 17.5. The van der Waals surface area contributed by atoms with Crippen molar-refractivity contribution in [2.24, 2.45) is 0 Å². The van der Waals surface area contributed by atoms with Crippen LogP contribution in [-0.2, 0) is 11.2 Å². The Morgan fingerprint density at radius 3 is 2.50 bits per heavy atom. The maximum atomic E-state index is 12.5. The van der Waals surface area contributed by atoms with Crippen molar-refractivity contribution in [3.63, 3.8) is 0 Å². The largest absolute Gasteiger partial charge is 0.325 e. The SMILES string of the molecule is CCc1ccc(-n2c(SCC(=O)Nc3ccc(C)c(Cl)c3)nnc2-c2ccncc2)cc1. The highest BCUT2D eigenvalue weighted by Crippen LogP contribution is 2.28. The molecular formula is C24H22ClN5OS. The number of aromatic nitrogens is 4. The van der Waals surface area contributed by atoms with Gasteiger partial charge in [-0.15, -0.1) is 10.2 Å². The Bertz CT molecular complexity index is 1230. The third-order valence-electron chi connectivity index (χ3n) is 4.96. The van der Waals surface area contributed by atoms with E-state index in [1.807, 2.05) is 47.9 Å². The molecule has 0 aliphatic rings. The van der Waals surface area contributed by atoms with Gasteiger partial charge in [0.2, 0.25) is 5.91 Å². The number of thioether (sulfide) groups is 1. The average Bonchev–Trinajstić information content (AvgIpc) is 3.25. The number of hydrogen-bond acceptors (Lipinski definition) is 5. The minimum absolute atomic E-state index is 0.142. The number of halogens is 1. The summed E-state index contributed by atoms with van der Waals surface area (Å²) in [5.41, 5.74) is 4.72. The molecule has 8 heteroatoms. The van der Waals surface area contributed by atoms with Crippen LogP contribution in [0.25, 0.3) is 17.1 Å². The van der Waals surface area contributed by atoms with Crippen molar-refractivity contribution in [1.29, 1.82) is 0 Å². The van der Waals surface area contributed by atoms with Crippen LogP contribution in [0.4, 0.5) is 5.69 Å². The molecule has 6 nitrogen and oxygen atoms in total. The molecule has 0 unspecified atom stereocenters. The fourth-order valence-corrected chi connectivity index (χ4v) is 4.10. The highest BCUT2D eigenvalue weighted by atomic mass is 35.5. The normalized spacial score (nSPS) is 10.8. The van der Waals surface area contributed by atoms with Crippen molar-refractivity contribution >= 4 is 35.0 Å². The lowest BCUT2D eigenvalue weighted by atomic mass is 10.1. The zero-order valence-electron chi connectivity index (χ0n) is 17.7. The van der Waals surface area contributed by atoms with Crippen LogP contribution in [0.15, 0.2) is 72.1 Å². The molecule has 0 aliphatic carbocycles. The summed E-state index contributed by atoms with van der Waals surface area (Å²) in [6.07, 6.45) is 4.41. The third kappa shape index (κ3) is 5.00. The summed E-state index contributed by atoms with van der Waals surface area (Å²) < 4.78 is 1.97. The molecular weight excluding hydrogens is 442 g/mol. The van der Waals surface area contributed by atoms with E-state index in [1.54, 1.807) is 18.5 Å². The van der Waals surface area contributed by atoms with Crippen LogP contribution >= 0.6 is 23.4 Å². The smallest absolute Gasteiger partial charge is 0.234 e. The molecule has 2 heterocycles. The number of anilines is 1. The molecule has 0 saturated carbocycles. The van der Waals surface area contributed by atoms with Crippen LogP contribution in [0.3, 0.4) is 0 Å². The number of rotatable bonds is 7. The first kappa shape index (κ1) is 22.0. The van der Waals surface area contributed by atoms with Gasteiger partial charge in [-0.1, -0.05) is 48.5 Å². The van der Waals surface area contributed by atoms with Crippen LogP contribution in [0.1, 0.15) is 18.1 Å². The Morgan fingerprint density at radius 1 is 1.06 bits per heavy atom. The first-order valence-corrected chi connectivity index (χ1v) is 11.6. The van der Waals surface area contributed by atoms with Gasteiger partial charge in [0.25, 0.3) is 0 Å². The monoisotopic (exact) mass is 463 g/mol. The molecule has 4 rings (SSSR count). The molecule has 0 saturated heterocycles. The molecule has 0 spiro atoms. The third-order valence-corrected chi connectivity index (χ3v) is 6.30. The Labute approximate surface area is 196 Å². The molecule has 2 aromatic carbocycles. The predicted octanol–water partition coefficient (Wildman–Crippen LogP) is 5.58. The summed E-state index contributed by atoms with van der Waals surface area (Å²) in [4.78, 5) is 16.6. The van der Waals surface area contributed by atoms with Gasteiger partial charge in [0.1, 0.15) is 0 Å². The molecule has 0 radical (unpaired) electrons. The Balaban J connectivity index is 1.58. The molecule has 2 aromatic heterocycles. The Kier molecular flexibility index (Phi) is 6.87. The van der Waals surface area contributed by atoms with E-state index in [9.17, 15) is 4.79 Å². The first-order valence-electron chi connectivity index (χ1n) is 10.2. The standard InChI is InChI=1S/C24H22ClN5OS/c1-3-17-5-8-20(9-6-17)30-23(18-10-12-26-13-11-18)28-29-24(30)32-15-22(31)27-19-7-4-16(2)21(25)14-19/h4-14H,3,15H2,1-2H3,(H,27,31). The first-order chi connectivity index (χ1) is 15.5. The molecule has 162 valence electrons. The Morgan fingerprint density at radius 2 is 1.81 bits per heavy atom. The van der Waals surface area contributed by atoms with Crippen molar-refractivity contribution < 1.29 is 4.79 Å². The van der Waals surface area contributed by atoms with Gasteiger partial charge in [-0.05, 0) is 60.9 Å². The van der Waals surface area contributed by atoms with Crippen molar-refractivity contribution in [1.82, 2.24) is 19.7 Å². The minimum Gasteiger partial charge on any atom is -0.325 e.